The van der Waals surface area contributed by atoms with Gasteiger partial charge in [0.15, 0.2) is 0 Å². The lowest BCUT2D eigenvalue weighted by Gasteiger charge is -2.23. The Kier molecular flexibility index (Phi) is 4.45. The second-order valence-corrected chi connectivity index (χ2v) is 4.17. The van der Waals surface area contributed by atoms with Gasteiger partial charge < -0.3 is 14.8 Å². The third-order valence-electron chi connectivity index (χ3n) is 2.54. The highest BCUT2D eigenvalue weighted by Crippen LogP contribution is 2.23. The highest BCUT2D eigenvalue weighted by molar-refractivity contribution is 6.32. The fourth-order valence-corrected chi connectivity index (χ4v) is 1.86. The van der Waals surface area contributed by atoms with Gasteiger partial charge in [-0.3, -0.25) is 0 Å². The van der Waals surface area contributed by atoms with Crippen LogP contribution in [0.2, 0.25) is 5.02 Å². The molecule has 0 spiro atoms. The molecule has 1 aliphatic heterocycles. The molecule has 0 radical (unpaired) electrons. The molecular formula is C12H16ClNO2. The minimum absolute atomic E-state index is 0.260. The second-order valence-electron chi connectivity index (χ2n) is 3.76. The molecule has 1 aliphatic rings. The highest BCUT2D eigenvalue weighted by atomic mass is 35.5. The van der Waals surface area contributed by atoms with Crippen LogP contribution >= 0.6 is 11.6 Å². The monoisotopic (exact) mass is 241 g/mol. The minimum Gasteiger partial charge on any atom is -0.492 e. The van der Waals surface area contributed by atoms with Crippen molar-refractivity contribution < 1.29 is 9.47 Å². The maximum atomic E-state index is 5.98. The Morgan fingerprint density at radius 3 is 3.06 bits per heavy atom. The fourth-order valence-electron chi connectivity index (χ4n) is 1.67. The number of ether oxygens (including phenoxy) is 2. The summed E-state index contributed by atoms with van der Waals surface area (Å²) >= 11 is 5.98. The molecule has 2 rings (SSSR count). The Labute approximate surface area is 101 Å². The number of nitrogens with one attached hydrogen (secondary N) is 1. The van der Waals surface area contributed by atoms with Gasteiger partial charge >= 0.3 is 0 Å². The van der Waals surface area contributed by atoms with Gasteiger partial charge in [0.1, 0.15) is 5.75 Å². The van der Waals surface area contributed by atoms with Crippen molar-refractivity contribution in [3.63, 3.8) is 0 Å². The molecule has 1 atom stereocenters. The first-order chi connectivity index (χ1) is 7.86. The molecule has 0 bridgehead atoms. The zero-order chi connectivity index (χ0) is 11.2. The summed E-state index contributed by atoms with van der Waals surface area (Å²) in [4.78, 5) is 0. The summed E-state index contributed by atoms with van der Waals surface area (Å²) in [5.41, 5.74) is 0. The van der Waals surface area contributed by atoms with Crippen molar-refractivity contribution in [1.82, 2.24) is 5.32 Å². The largest absolute Gasteiger partial charge is 0.492 e. The summed E-state index contributed by atoms with van der Waals surface area (Å²) in [7, 11) is 0. The molecule has 4 heteroatoms. The molecule has 1 saturated heterocycles. The quantitative estimate of drug-likeness (QED) is 0.876. The molecule has 1 fully saturated rings. The molecule has 0 amide bonds. The van der Waals surface area contributed by atoms with Crippen molar-refractivity contribution >= 4 is 11.6 Å². The van der Waals surface area contributed by atoms with Crippen molar-refractivity contribution in [1.29, 1.82) is 0 Å². The van der Waals surface area contributed by atoms with Gasteiger partial charge in [0.05, 0.1) is 24.3 Å². The maximum Gasteiger partial charge on any atom is 0.137 e. The van der Waals surface area contributed by atoms with Gasteiger partial charge in [-0.1, -0.05) is 23.7 Å². The summed E-state index contributed by atoms with van der Waals surface area (Å²) in [5.74, 6) is 0.743. The van der Waals surface area contributed by atoms with Crippen molar-refractivity contribution in [2.75, 3.05) is 26.3 Å². The fraction of sp³-hybridized carbons (Fsp3) is 0.500. The first-order valence-corrected chi connectivity index (χ1v) is 5.94. The lowest BCUT2D eigenvalue weighted by atomic mass is 10.2. The Bertz CT molecular complexity index is 327. The van der Waals surface area contributed by atoms with Crippen LogP contribution in [-0.2, 0) is 4.74 Å². The minimum atomic E-state index is 0.260. The third kappa shape index (κ3) is 3.37. The maximum absolute atomic E-state index is 5.98. The van der Waals surface area contributed by atoms with E-state index in [2.05, 4.69) is 5.32 Å². The molecule has 1 N–H and O–H groups in total. The van der Waals surface area contributed by atoms with E-state index in [1.54, 1.807) is 0 Å². The van der Waals surface area contributed by atoms with Crippen molar-refractivity contribution in [3.05, 3.63) is 29.3 Å². The third-order valence-corrected chi connectivity index (χ3v) is 2.85. The normalized spacial score (nSPS) is 20.7. The first kappa shape index (κ1) is 11.7. The second kappa shape index (κ2) is 6.09. The first-order valence-electron chi connectivity index (χ1n) is 5.56. The van der Waals surface area contributed by atoms with Crippen LogP contribution in [0.15, 0.2) is 24.3 Å². The standard InChI is InChI=1S/C12H16ClNO2/c13-11-3-1-2-4-12(11)16-7-5-10-9-14-6-8-15-10/h1-4,10,14H,5-9H2. The number of rotatable bonds is 4. The summed E-state index contributed by atoms with van der Waals surface area (Å²) in [6.07, 6.45) is 1.15. The smallest absolute Gasteiger partial charge is 0.137 e. The average Bonchev–Trinajstić information content (AvgIpc) is 2.33. The van der Waals surface area contributed by atoms with E-state index in [4.69, 9.17) is 21.1 Å². The summed E-state index contributed by atoms with van der Waals surface area (Å²) in [6, 6.07) is 7.51. The van der Waals surface area contributed by atoms with E-state index in [-0.39, 0.29) is 6.10 Å². The summed E-state index contributed by atoms with van der Waals surface area (Å²) in [6.45, 7) is 3.28. The van der Waals surface area contributed by atoms with Gasteiger partial charge in [-0.2, -0.15) is 0 Å². The van der Waals surface area contributed by atoms with Crippen molar-refractivity contribution in [2.24, 2.45) is 0 Å². The van der Waals surface area contributed by atoms with Crippen LogP contribution in [0.3, 0.4) is 0 Å². The molecule has 0 saturated carbocycles. The van der Waals surface area contributed by atoms with Gasteiger partial charge in [-0.05, 0) is 12.1 Å². The Hall–Kier alpha value is -0.770. The number of benzene rings is 1. The molecule has 1 heterocycles. The molecule has 88 valence electrons. The number of morpholine rings is 1. The van der Waals surface area contributed by atoms with Crippen LogP contribution in [0.1, 0.15) is 6.42 Å². The van der Waals surface area contributed by atoms with Crippen LogP contribution in [0.4, 0.5) is 0 Å². The zero-order valence-electron chi connectivity index (χ0n) is 9.12. The molecule has 16 heavy (non-hydrogen) atoms. The van der Waals surface area contributed by atoms with E-state index in [1.807, 2.05) is 24.3 Å². The molecule has 1 aromatic carbocycles. The number of hydrogen-bond acceptors (Lipinski definition) is 3. The molecule has 3 nitrogen and oxygen atoms in total. The number of para-hydroxylation sites is 1. The lowest BCUT2D eigenvalue weighted by molar-refractivity contribution is 0.0159. The average molecular weight is 242 g/mol. The Morgan fingerprint density at radius 2 is 2.31 bits per heavy atom. The molecule has 1 aromatic rings. The van der Waals surface area contributed by atoms with E-state index in [1.165, 1.54) is 0 Å². The van der Waals surface area contributed by atoms with Crippen LogP contribution < -0.4 is 10.1 Å². The summed E-state index contributed by atoms with van der Waals surface area (Å²) in [5, 5.41) is 3.95. The van der Waals surface area contributed by atoms with E-state index < -0.39 is 0 Å². The van der Waals surface area contributed by atoms with Gasteiger partial charge in [0, 0.05) is 19.5 Å². The molecule has 0 aromatic heterocycles. The van der Waals surface area contributed by atoms with Crippen molar-refractivity contribution in [3.8, 4) is 5.75 Å². The van der Waals surface area contributed by atoms with E-state index in [9.17, 15) is 0 Å². The topological polar surface area (TPSA) is 30.5 Å². The van der Waals surface area contributed by atoms with E-state index in [0.29, 0.717) is 11.6 Å². The zero-order valence-corrected chi connectivity index (χ0v) is 9.87. The van der Waals surface area contributed by atoms with Gasteiger partial charge in [-0.15, -0.1) is 0 Å². The van der Waals surface area contributed by atoms with Crippen molar-refractivity contribution in [2.45, 2.75) is 12.5 Å². The number of halogens is 1. The molecular weight excluding hydrogens is 226 g/mol. The number of hydrogen-bond donors (Lipinski definition) is 1. The lowest BCUT2D eigenvalue weighted by Crippen LogP contribution is -2.39. The van der Waals surface area contributed by atoms with Crippen LogP contribution in [0.5, 0.6) is 5.75 Å². The van der Waals surface area contributed by atoms with Crippen LogP contribution in [0, 0.1) is 0 Å². The Morgan fingerprint density at radius 1 is 1.44 bits per heavy atom. The Balaban J connectivity index is 1.73. The predicted molar refractivity (Wildman–Crippen MR) is 64.2 cm³/mol. The van der Waals surface area contributed by atoms with Gasteiger partial charge in [0.25, 0.3) is 0 Å². The highest BCUT2D eigenvalue weighted by Gasteiger charge is 2.13. The van der Waals surface area contributed by atoms with Gasteiger partial charge in [-0.25, -0.2) is 0 Å². The van der Waals surface area contributed by atoms with Crippen LogP contribution in [-0.4, -0.2) is 32.4 Å². The molecule has 0 aliphatic carbocycles. The predicted octanol–water partition coefficient (Wildman–Crippen LogP) is 2.10. The molecule has 1 unspecified atom stereocenters. The van der Waals surface area contributed by atoms with Crippen LogP contribution in [0.25, 0.3) is 0 Å². The SMILES string of the molecule is Clc1ccccc1OCCC1CNCCO1. The van der Waals surface area contributed by atoms with Gasteiger partial charge in [0.2, 0.25) is 0 Å². The van der Waals surface area contributed by atoms with E-state index in [0.717, 1.165) is 31.9 Å². The van der Waals surface area contributed by atoms with E-state index >= 15 is 0 Å². The summed E-state index contributed by atoms with van der Waals surface area (Å²) < 4.78 is 11.2.